The van der Waals surface area contributed by atoms with Crippen molar-refractivity contribution in [1.29, 1.82) is 0 Å². The fourth-order valence-corrected chi connectivity index (χ4v) is 3.52. The predicted molar refractivity (Wildman–Crippen MR) is 140 cm³/mol. The van der Waals surface area contributed by atoms with Crippen molar-refractivity contribution in [3.63, 3.8) is 0 Å². The Hall–Kier alpha value is -2.12. The third-order valence-electron chi connectivity index (χ3n) is 6.52. The highest BCUT2D eigenvalue weighted by Crippen LogP contribution is 2.12. The number of esters is 1. The topological polar surface area (TPSA) is 96.0 Å². The Bertz CT molecular complexity index is 649. The maximum atomic E-state index is 13.4. The first-order chi connectivity index (χ1) is 16.6. The molecule has 0 bridgehead atoms. The van der Waals surface area contributed by atoms with Gasteiger partial charge in [-0.2, -0.15) is 0 Å². The molecular formula is C27H51N3O5. The zero-order valence-corrected chi connectivity index (χ0v) is 23.5. The molecule has 8 heteroatoms. The highest BCUT2D eigenvalue weighted by molar-refractivity contribution is 5.91. The van der Waals surface area contributed by atoms with E-state index in [9.17, 15) is 19.2 Å². The first kappa shape index (κ1) is 32.9. The van der Waals surface area contributed by atoms with E-state index in [1.165, 1.54) is 9.80 Å². The number of unbranched alkanes of at least 4 members (excludes halogenated alkanes) is 2. The summed E-state index contributed by atoms with van der Waals surface area (Å²) < 4.78 is 5.51. The van der Waals surface area contributed by atoms with E-state index in [0.29, 0.717) is 19.5 Å². The molecule has 0 spiro atoms. The number of hydrogen-bond donors (Lipinski definition) is 1. The maximum absolute atomic E-state index is 13.4. The number of ether oxygens (including phenoxy) is 1. The van der Waals surface area contributed by atoms with Crippen LogP contribution in [-0.2, 0) is 23.9 Å². The van der Waals surface area contributed by atoms with Crippen LogP contribution in [0.15, 0.2) is 0 Å². The molecule has 0 aliphatic rings. The Morgan fingerprint density at radius 2 is 1.31 bits per heavy atom. The lowest BCUT2D eigenvalue weighted by atomic mass is 9.96. The Morgan fingerprint density at radius 1 is 0.771 bits per heavy atom. The van der Waals surface area contributed by atoms with Crippen LogP contribution >= 0.6 is 0 Å². The predicted octanol–water partition coefficient (Wildman–Crippen LogP) is 4.16. The summed E-state index contributed by atoms with van der Waals surface area (Å²) in [5.74, 6) is -1.16. The quantitative estimate of drug-likeness (QED) is 0.287. The van der Waals surface area contributed by atoms with E-state index in [1.54, 1.807) is 0 Å². The molecule has 0 aromatic carbocycles. The summed E-state index contributed by atoms with van der Waals surface area (Å²) in [6.07, 6.45) is 4.98. The van der Waals surface area contributed by atoms with E-state index in [0.717, 1.165) is 38.5 Å². The lowest BCUT2D eigenvalue weighted by Crippen LogP contribution is -2.53. The molecule has 35 heavy (non-hydrogen) atoms. The highest BCUT2D eigenvalue weighted by Gasteiger charge is 2.29. The van der Waals surface area contributed by atoms with Gasteiger partial charge >= 0.3 is 5.97 Å². The summed E-state index contributed by atoms with van der Waals surface area (Å²) in [6.45, 7) is 16.2. The fraction of sp³-hybridized carbons (Fsp3) is 0.852. The molecule has 0 unspecified atom stereocenters. The molecule has 0 rings (SSSR count). The molecule has 204 valence electrons. The van der Waals surface area contributed by atoms with Gasteiger partial charge < -0.3 is 19.9 Å². The molecular weight excluding hydrogens is 446 g/mol. The minimum Gasteiger partial charge on any atom is -0.461 e. The Labute approximate surface area is 213 Å². The smallest absolute Gasteiger partial charge is 0.325 e. The molecule has 0 aliphatic carbocycles. The lowest BCUT2D eigenvalue weighted by molar-refractivity contribution is -0.155. The van der Waals surface area contributed by atoms with Crippen LogP contribution in [0.4, 0.5) is 0 Å². The van der Waals surface area contributed by atoms with Crippen molar-refractivity contribution in [2.75, 3.05) is 26.2 Å². The van der Waals surface area contributed by atoms with Crippen LogP contribution in [-0.4, -0.2) is 71.8 Å². The second kappa shape index (κ2) is 18.2. The van der Waals surface area contributed by atoms with Gasteiger partial charge in [-0.25, -0.2) is 0 Å². The number of hydrogen-bond acceptors (Lipinski definition) is 5. The SMILES string of the molecule is CCCCN(CC(=O)OC(CC)CC)C(=O)CN(CCCC)C(=O)[C@H](CC)NC(=O)[C@@H](C)C(C)C. The Kier molecular flexibility index (Phi) is 17.1. The Morgan fingerprint density at radius 3 is 1.77 bits per heavy atom. The summed E-state index contributed by atoms with van der Waals surface area (Å²) in [4.78, 5) is 54.7. The summed E-state index contributed by atoms with van der Waals surface area (Å²) in [7, 11) is 0. The molecule has 0 radical (unpaired) electrons. The van der Waals surface area contributed by atoms with Crippen molar-refractivity contribution in [2.45, 2.75) is 112 Å². The lowest BCUT2D eigenvalue weighted by Gasteiger charge is -2.30. The van der Waals surface area contributed by atoms with Crippen molar-refractivity contribution >= 4 is 23.7 Å². The average Bonchev–Trinajstić information content (AvgIpc) is 2.84. The van der Waals surface area contributed by atoms with E-state index >= 15 is 0 Å². The van der Waals surface area contributed by atoms with Gasteiger partial charge in [0.25, 0.3) is 0 Å². The second-order valence-electron chi connectivity index (χ2n) is 9.71. The third kappa shape index (κ3) is 12.4. The minimum absolute atomic E-state index is 0.118. The number of nitrogens with zero attached hydrogens (tertiary/aromatic N) is 2. The molecule has 0 aromatic rings. The first-order valence-electron chi connectivity index (χ1n) is 13.6. The number of carbonyl (C=O) groups excluding carboxylic acids is 4. The van der Waals surface area contributed by atoms with Gasteiger partial charge in [0.05, 0.1) is 6.54 Å². The Balaban J connectivity index is 5.51. The van der Waals surface area contributed by atoms with Gasteiger partial charge in [0, 0.05) is 19.0 Å². The van der Waals surface area contributed by atoms with Crippen molar-refractivity contribution in [3.8, 4) is 0 Å². The van der Waals surface area contributed by atoms with Gasteiger partial charge in [-0.05, 0) is 38.0 Å². The number of nitrogens with one attached hydrogen (secondary N) is 1. The molecule has 0 aliphatic heterocycles. The molecule has 1 N–H and O–H groups in total. The largest absolute Gasteiger partial charge is 0.461 e. The minimum atomic E-state index is -0.683. The molecule has 0 saturated heterocycles. The molecule has 2 atom stereocenters. The van der Waals surface area contributed by atoms with Gasteiger partial charge in [0.2, 0.25) is 17.7 Å². The van der Waals surface area contributed by atoms with Crippen LogP contribution in [0.2, 0.25) is 0 Å². The zero-order chi connectivity index (χ0) is 27.0. The maximum Gasteiger partial charge on any atom is 0.325 e. The van der Waals surface area contributed by atoms with Crippen LogP contribution in [0.1, 0.15) is 100 Å². The average molecular weight is 498 g/mol. The van der Waals surface area contributed by atoms with Gasteiger partial charge in [-0.3, -0.25) is 19.2 Å². The summed E-state index contributed by atoms with van der Waals surface area (Å²) in [6, 6.07) is -0.683. The monoisotopic (exact) mass is 497 g/mol. The van der Waals surface area contributed by atoms with Gasteiger partial charge in [-0.1, -0.05) is 68.2 Å². The van der Waals surface area contributed by atoms with E-state index in [-0.39, 0.29) is 48.8 Å². The number of rotatable bonds is 18. The summed E-state index contributed by atoms with van der Waals surface area (Å²) in [5.41, 5.74) is 0. The first-order valence-corrected chi connectivity index (χ1v) is 13.6. The van der Waals surface area contributed by atoms with Crippen LogP contribution in [0.3, 0.4) is 0 Å². The fourth-order valence-electron chi connectivity index (χ4n) is 3.52. The van der Waals surface area contributed by atoms with Crippen molar-refractivity contribution in [2.24, 2.45) is 11.8 Å². The molecule has 0 fully saturated rings. The molecule has 0 aromatic heterocycles. The summed E-state index contributed by atoms with van der Waals surface area (Å²) >= 11 is 0. The van der Waals surface area contributed by atoms with E-state index < -0.39 is 12.0 Å². The normalized spacial score (nSPS) is 12.9. The van der Waals surface area contributed by atoms with Crippen molar-refractivity contribution < 1.29 is 23.9 Å². The van der Waals surface area contributed by atoms with Crippen molar-refractivity contribution in [3.05, 3.63) is 0 Å². The molecule has 8 nitrogen and oxygen atoms in total. The van der Waals surface area contributed by atoms with E-state index in [2.05, 4.69) is 5.32 Å². The summed E-state index contributed by atoms with van der Waals surface area (Å²) in [5, 5.41) is 2.88. The van der Waals surface area contributed by atoms with Crippen molar-refractivity contribution in [1.82, 2.24) is 15.1 Å². The molecule has 3 amide bonds. The van der Waals surface area contributed by atoms with Gasteiger partial charge in [0.15, 0.2) is 0 Å². The molecule has 0 saturated carbocycles. The number of carbonyl (C=O) groups is 4. The standard InChI is InChI=1S/C27H51N3O5/c1-9-14-16-29(19-25(32)35-22(11-3)12-4)24(31)18-30(17-15-10-2)27(34)23(13-5)28-26(33)21(8)20(6)7/h20-23H,9-19H2,1-8H3,(H,28,33)/t21-,23-/m0/s1. The van der Waals surface area contributed by atoms with Crippen LogP contribution in [0, 0.1) is 11.8 Å². The second-order valence-corrected chi connectivity index (χ2v) is 9.71. The zero-order valence-electron chi connectivity index (χ0n) is 23.5. The molecule has 0 heterocycles. The van der Waals surface area contributed by atoms with Gasteiger partial charge in [0.1, 0.15) is 18.7 Å². The van der Waals surface area contributed by atoms with E-state index in [4.69, 9.17) is 4.74 Å². The highest BCUT2D eigenvalue weighted by atomic mass is 16.5. The van der Waals surface area contributed by atoms with Crippen LogP contribution < -0.4 is 5.32 Å². The van der Waals surface area contributed by atoms with Crippen LogP contribution in [0.25, 0.3) is 0 Å². The van der Waals surface area contributed by atoms with E-state index in [1.807, 2.05) is 55.4 Å². The third-order valence-corrected chi connectivity index (χ3v) is 6.52. The number of amides is 3. The van der Waals surface area contributed by atoms with Crippen LogP contribution in [0.5, 0.6) is 0 Å². The van der Waals surface area contributed by atoms with Gasteiger partial charge in [-0.15, -0.1) is 0 Å².